The van der Waals surface area contributed by atoms with E-state index in [2.05, 4.69) is 47.5 Å². The summed E-state index contributed by atoms with van der Waals surface area (Å²) in [5, 5.41) is 6.52. The number of carbonyl (C=O) groups is 3. The van der Waals surface area contributed by atoms with Gasteiger partial charge in [-0.15, -0.1) is 11.8 Å². The predicted octanol–water partition coefficient (Wildman–Crippen LogP) is 3.43. The highest BCUT2D eigenvalue weighted by Crippen LogP contribution is 2.14. The molecular weight excluding hydrogens is 462 g/mol. The average Bonchev–Trinajstić information content (AvgIpc) is 2.80. The third kappa shape index (κ3) is 11.4. The van der Waals surface area contributed by atoms with Gasteiger partial charge in [-0.1, -0.05) is 31.9 Å². The van der Waals surface area contributed by atoms with Gasteiger partial charge in [-0.2, -0.15) is 0 Å². The van der Waals surface area contributed by atoms with Gasteiger partial charge in [-0.25, -0.2) is 4.99 Å². The van der Waals surface area contributed by atoms with Gasteiger partial charge in [0, 0.05) is 42.0 Å². The van der Waals surface area contributed by atoms with Crippen molar-refractivity contribution in [1.82, 2.24) is 10.2 Å². The van der Waals surface area contributed by atoms with Crippen LogP contribution in [0.3, 0.4) is 0 Å². The number of aliphatic imine (C=N–C) groups is 1. The lowest BCUT2D eigenvalue weighted by atomic mass is 10.1. The predicted molar refractivity (Wildman–Crippen MR) is 138 cm³/mol. The first kappa shape index (κ1) is 28.7. The van der Waals surface area contributed by atoms with E-state index >= 15 is 0 Å². The Balaban J connectivity index is 0.000000361. The molecule has 1 aromatic rings. The Bertz CT molecular complexity index is 858. The van der Waals surface area contributed by atoms with Crippen LogP contribution in [0.1, 0.15) is 39.5 Å². The van der Waals surface area contributed by atoms with Crippen LogP contribution in [0.15, 0.2) is 41.0 Å². The molecule has 1 heterocycles. The monoisotopic (exact) mass is 495 g/mol. The van der Waals surface area contributed by atoms with Gasteiger partial charge in [0.15, 0.2) is 5.04 Å². The van der Waals surface area contributed by atoms with E-state index in [1.165, 1.54) is 11.8 Å². The lowest BCUT2D eigenvalue weighted by Gasteiger charge is -2.20. The number of likely N-dealkylation sites (N-methyl/N-ethyl adjacent to an activating group) is 1. The van der Waals surface area contributed by atoms with Crippen LogP contribution < -0.4 is 16.4 Å². The molecule has 1 aliphatic heterocycles. The summed E-state index contributed by atoms with van der Waals surface area (Å²) in [5.74, 6) is -1.89. The van der Waals surface area contributed by atoms with E-state index in [0.717, 1.165) is 44.5 Å². The molecule has 0 radical (unpaired) electrons. The number of anilines is 1. The molecule has 8 nitrogen and oxygen atoms in total. The van der Waals surface area contributed by atoms with Gasteiger partial charge in [-0.05, 0) is 56.5 Å². The van der Waals surface area contributed by atoms with Crippen LogP contribution in [0.5, 0.6) is 0 Å². The van der Waals surface area contributed by atoms with Crippen LogP contribution in [-0.4, -0.2) is 60.1 Å². The molecule has 1 atom stereocenters. The van der Waals surface area contributed by atoms with Crippen LogP contribution in [0.4, 0.5) is 5.69 Å². The number of benzene rings is 1. The fourth-order valence-electron chi connectivity index (χ4n) is 2.88. The molecule has 182 valence electrons. The molecule has 0 saturated carbocycles. The number of halogens is 1. The van der Waals surface area contributed by atoms with Crippen LogP contribution in [0, 0.1) is 0 Å². The molecule has 4 N–H and O–H groups in total. The van der Waals surface area contributed by atoms with Crippen LogP contribution in [0.2, 0.25) is 5.02 Å². The van der Waals surface area contributed by atoms with Crippen molar-refractivity contribution in [2.75, 3.05) is 31.7 Å². The summed E-state index contributed by atoms with van der Waals surface area (Å²) in [6.07, 6.45) is 8.01. The van der Waals surface area contributed by atoms with Crippen molar-refractivity contribution < 1.29 is 14.4 Å². The van der Waals surface area contributed by atoms with Gasteiger partial charge in [0.05, 0.1) is 0 Å². The number of thioether (sulfide) groups is 1. The summed E-state index contributed by atoms with van der Waals surface area (Å²) in [7, 11) is 2.09. The maximum absolute atomic E-state index is 12.3. The average molecular weight is 496 g/mol. The zero-order chi connectivity index (χ0) is 24.8. The number of amides is 3. The number of hydrogen-bond acceptors (Lipinski definition) is 6. The smallest absolute Gasteiger partial charge is 0.313 e. The van der Waals surface area contributed by atoms with Crippen molar-refractivity contribution in [3.8, 4) is 0 Å². The molecule has 1 unspecified atom stereocenters. The van der Waals surface area contributed by atoms with Gasteiger partial charge in [0.2, 0.25) is 0 Å². The minimum Gasteiger partial charge on any atom is -0.361 e. The lowest BCUT2D eigenvalue weighted by molar-refractivity contribution is -0.134. The highest BCUT2D eigenvalue weighted by Gasteiger charge is 2.16. The second kappa shape index (κ2) is 15.5. The van der Waals surface area contributed by atoms with Crippen molar-refractivity contribution in [2.45, 2.75) is 45.6 Å². The minimum absolute atomic E-state index is 0.0300. The number of nitrogens with one attached hydrogen (secondary N) is 2. The quantitative estimate of drug-likeness (QED) is 0.317. The molecule has 33 heavy (non-hydrogen) atoms. The molecule has 0 aromatic heterocycles. The van der Waals surface area contributed by atoms with Gasteiger partial charge in [-0.3, -0.25) is 14.4 Å². The third-order valence-corrected chi connectivity index (χ3v) is 5.73. The summed E-state index contributed by atoms with van der Waals surface area (Å²) in [5.41, 5.74) is 6.25. The molecule has 1 aromatic carbocycles. The molecule has 0 aliphatic carbocycles. The maximum Gasteiger partial charge on any atom is 0.313 e. The first-order chi connectivity index (χ1) is 15.7. The van der Waals surface area contributed by atoms with Crippen molar-refractivity contribution >= 4 is 51.8 Å². The van der Waals surface area contributed by atoms with Gasteiger partial charge in [0.1, 0.15) is 0 Å². The highest BCUT2D eigenvalue weighted by atomic mass is 35.5. The van der Waals surface area contributed by atoms with Crippen molar-refractivity contribution in [2.24, 2.45) is 10.7 Å². The van der Waals surface area contributed by atoms with E-state index in [1.54, 1.807) is 24.3 Å². The Morgan fingerprint density at radius 3 is 2.36 bits per heavy atom. The van der Waals surface area contributed by atoms with E-state index in [4.69, 9.17) is 17.3 Å². The number of hydrogen-bond donors (Lipinski definition) is 3. The summed E-state index contributed by atoms with van der Waals surface area (Å²) in [6.45, 7) is 6.17. The second-order valence-corrected chi connectivity index (χ2v) is 8.75. The Kier molecular flexibility index (Phi) is 13.4. The first-order valence-corrected chi connectivity index (χ1v) is 12.5. The number of primary amides is 1. The van der Waals surface area contributed by atoms with E-state index in [0.29, 0.717) is 15.8 Å². The normalized spacial score (nSPS) is 14.9. The molecule has 0 bridgehead atoms. The van der Waals surface area contributed by atoms with E-state index in [1.807, 2.05) is 6.26 Å². The molecule has 0 spiro atoms. The van der Waals surface area contributed by atoms with Gasteiger partial charge < -0.3 is 21.3 Å². The summed E-state index contributed by atoms with van der Waals surface area (Å²) < 4.78 is 0. The number of nitrogens with zero attached hydrogens (tertiary/aromatic N) is 2. The van der Waals surface area contributed by atoms with E-state index in [9.17, 15) is 14.4 Å². The Morgan fingerprint density at radius 2 is 1.88 bits per heavy atom. The Labute approximate surface area is 205 Å². The maximum atomic E-state index is 12.3. The van der Waals surface area contributed by atoms with Crippen LogP contribution >= 0.6 is 23.4 Å². The zero-order valence-electron chi connectivity index (χ0n) is 19.7. The van der Waals surface area contributed by atoms with Crippen LogP contribution in [-0.2, 0) is 14.4 Å². The van der Waals surface area contributed by atoms with Crippen molar-refractivity contribution in [3.05, 3.63) is 41.1 Å². The minimum atomic E-state index is -1.02. The number of rotatable bonds is 6. The summed E-state index contributed by atoms with van der Waals surface area (Å²) >= 11 is 7.03. The molecule has 2 rings (SSSR count). The largest absolute Gasteiger partial charge is 0.361 e. The molecule has 0 saturated heterocycles. The molecule has 3 amide bonds. The standard InChI is InChI=1S/C15H27N3OS.C8H7ClN2O2/c1-5-7-12(6-2)16-14(19)15(20-4)17-13-8-10-18(3)11-9-13;9-5-1-3-6(4-2-5)11-8(13)7(10)12/h8,12H,5-7,9-11H2,1-4H3,(H,16,19);1-4H,(H2,10,12)(H,11,13). The topological polar surface area (TPSA) is 117 Å². The molecular formula is C23H34ClN5O3S. The molecule has 1 aliphatic rings. The van der Waals surface area contributed by atoms with Crippen LogP contribution in [0.25, 0.3) is 0 Å². The molecule has 10 heteroatoms. The van der Waals surface area contributed by atoms with E-state index in [-0.39, 0.29) is 11.9 Å². The highest BCUT2D eigenvalue weighted by molar-refractivity contribution is 8.15. The van der Waals surface area contributed by atoms with Crippen molar-refractivity contribution in [1.29, 1.82) is 0 Å². The fraction of sp³-hybridized carbons (Fsp3) is 0.478. The second-order valence-electron chi connectivity index (χ2n) is 7.52. The van der Waals surface area contributed by atoms with Crippen molar-refractivity contribution in [3.63, 3.8) is 0 Å². The van der Waals surface area contributed by atoms with Gasteiger partial charge >= 0.3 is 11.8 Å². The first-order valence-electron chi connectivity index (χ1n) is 10.9. The number of nitrogens with two attached hydrogens (primary N) is 1. The fourth-order valence-corrected chi connectivity index (χ4v) is 3.46. The molecule has 0 fully saturated rings. The summed E-state index contributed by atoms with van der Waals surface area (Å²) in [4.78, 5) is 40.2. The SMILES string of the molecule is CCCC(CC)NC(=O)C(=NC1=CCN(C)CC1)SC.NC(=O)C(=O)Nc1ccc(Cl)cc1. The number of carbonyl (C=O) groups excluding carboxylic acids is 3. The zero-order valence-corrected chi connectivity index (χ0v) is 21.3. The Hall–Kier alpha value is -2.36. The van der Waals surface area contributed by atoms with Gasteiger partial charge in [0.25, 0.3) is 5.91 Å². The Morgan fingerprint density at radius 1 is 1.21 bits per heavy atom. The lowest BCUT2D eigenvalue weighted by Crippen LogP contribution is -2.38. The summed E-state index contributed by atoms with van der Waals surface area (Å²) in [6, 6.07) is 6.60. The third-order valence-electron chi connectivity index (χ3n) is 4.81. The van der Waals surface area contributed by atoms with E-state index < -0.39 is 11.8 Å².